The first kappa shape index (κ1) is 22.0. The maximum Gasteiger partial charge on any atom is 0.412 e. The number of nitrogens with zero attached hydrogens (tertiary/aromatic N) is 4. The lowest BCUT2D eigenvalue weighted by atomic mass is 10.1. The third-order valence-electron chi connectivity index (χ3n) is 4.74. The minimum absolute atomic E-state index is 0.114. The number of carbonyl (C=O) groups excluding carboxylic acids is 2. The zero-order valence-electron chi connectivity index (χ0n) is 18.4. The van der Waals surface area contributed by atoms with Crippen molar-refractivity contribution in [3.05, 3.63) is 72.3 Å². The summed E-state index contributed by atoms with van der Waals surface area (Å²) in [6.45, 7) is 7.37. The van der Waals surface area contributed by atoms with E-state index in [9.17, 15) is 9.59 Å². The van der Waals surface area contributed by atoms with Crippen molar-refractivity contribution in [2.45, 2.75) is 39.3 Å². The van der Waals surface area contributed by atoms with Crippen LogP contribution >= 0.6 is 0 Å². The van der Waals surface area contributed by atoms with Gasteiger partial charge < -0.3 is 9.64 Å². The fourth-order valence-corrected chi connectivity index (χ4v) is 2.97. The van der Waals surface area contributed by atoms with E-state index in [2.05, 4.69) is 15.4 Å². The van der Waals surface area contributed by atoms with E-state index in [0.29, 0.717) is 11.3 Å². The smallest absolute Gasteiger partial charge is 0.412 e. The number of hydrogen-bond acceptors (Lipinski definition) is 5. The summed E-state index contributed by atoms with van der Waals surface area (Å²) in [7, 11) is 1.77. The fourth-order valence-electron chi connectivity index (χ4n) is 2.97. The van der Waals surface area contributed by atoms with E-state index in [0.717, 1.165) is 11.3 Å². The van der Waals surface area contributed by atoms with Crippen LogP contribution in [0, 0.1) is 0 Å². The highest BCUT2D eigenvalue weighted by Gasteiger charge is 2.20. The standard InChI is InChI=1S/C23H27N5O3/c1-16(17-8-12-20(13-9-17)28-15-24-14-25-28)27(5)21(29)18-6-10-19(11-7-18)26-22(30)31-23(2,3)4/h6-16H,1-5H3,(H,26,30). The highest BCUT2D eigenvalue weighted by atomic mass is 16.6. The van der Waals surface area contributed by atoms with E-state index in [1.165, 1.54) is 6.33 Å². The van der Waals surface area contributed by atoms with Crippen molar-refractivity contribution in [3.8, 4) is 5.69 Å². The SMILES string of the molecule is CC(c1ccc(-n2cncn2)cc1)N(C)C(=O)c1ccc(NC(=O)OC(C)(C)C)cc1. The largest absolute Gasteiger partial charge is 0.444 e. The Bertz CT molecular complexity index is 1020. The summed E-state index contributed by atoms with van der Waals surface area (Å²) in [5, 5.41) is 6.77. The molecule has 1 atom stereocenters. The maximum atomic E-state index is 12.9. The lowest BCUT2D eigenvalue weighted by Gasteiger charge is -2.26. The van der Waals surface area contributed by atoms with Crippen LogP contribution in [0.25, 0.3) is 5.69 Å². The van der Waals surface area contributed by atoms with Gasteiger partial charge in [-0.2, -0.15) is 5.10 Å². The van der Waals surface area contributed by atoms with E-state index < -0.39 is 11.7 Å². The van der Waals surface area contributed by atoms with Gasteiger partial charge in [-0.3, -0.25) is 10.1 Å². The van der Waals surface area contributed by atoms with Crippen LogP contribution in [-0.4, -0.2) is 44.3 Å². The molecule has 8 nitrogen and oxygen atoms in total. The summed E-state index contributed by atoms with van der Waals surface area (Å²) < 4.78 is 6.91. The average Bonchev–Trinajstić information content (AvgIpc) is 3.26. The van der Waals surface area contributed by atoms with E-state index in [-0.39, 0.29) is 11.9 Å². The molecule has 2 aromatic carbocycles. The van der Waals surface area contributed by atoms with Crippen LogP contribution < -0.4 is 5.32 Å². The molecule has 0 spiro atoms. The molecule has 0 saturated heterocycles. The normalized spacial score (nSPS) is 12.2. The molecule has 0 aliphatic carbocycles. The number of ether oxygens (including phenoxy) is 1. The quantitative estimate of drug-likeness (QED) is 0.657. The highest BCUT2D eigenvalue weighted by Crippen LogP contribution is 2.23. The molecule has 3 aromatic rings. The molecule has 1 heterocycles. The molecule has 0 aliphatic rings. The van der Waals surface area contributed by atoms with Crippen LogP contribution in [0.1, 0.15) is 49.7 Å². The third-order valence-corrected chi connectivity index (χ3v) is 4.74. The van der Waals surface area contributed by atoms with Gasteiger partial charge in [-0.25, -0.2) is 14.5 Å². The molecular formula is C23H27N5O3. The third kappa shape index (κ3) is 5.69. The Morgan fingerprint density at radius 1 is 1.06 bits per heavy atom. The Balaban J connectivity index is 1.64. The number of aromatic nitrogens is 3. The van der Waals surface area contributed by atoms with Crippen LogP contribution in [0.3, 0.4) is 0 Å². The predicted octanol–water partition coefficient (Wildman–Crippen LogP) is 4.45. The van der Waals surface area contributed by atoms with Crippen LogP contribution in [-0.2, 0) is 4.74 Å². The lowest BCUT2D eigenvalue weighted by Crippen LogP contribution is -2.29. The molecule has 0 fully saturated rings. The molecule has 8 heteroatoms. The summed E-state index contributed by atoms with van der Waals surface area (Å²) in [6, 6.07) is 14.4. The van der Waals surface area contributed by atoms with E-state index in [1.54, 1.807) is 68.0 Å². The van der Waals surface area contributed by atoms with Gasteiger partial charge in [0.05, 0.1) is 11.7 Å². The molecule has 3 rings (SSSR count). The zero-order valence-corrected chi connectivity index (χ0v) is 18.4. The molecule has 162 valence electrons. The lowest BCUT2D eigenvalue weighted by molar-refractivity contribution is 0.0635. The Kier molecular flexibility index (Phi) is 6.39. The van der Waals surface area contributed by atoms with Gasteiger partial charge in [0.1, 0.15) is 18.3 Å². The first-order chi connectivity index (χ1) is 14.6. The number of amides is 2. The highest BCUT2D eigenvalue weighted by molar-refractivity contribution is 5.95. The van der Waals surface area contributed by atoms with Crippen molar-refractivity contribution < 1.29 is 14.3 Å². The Hall–Kier alpha value is -3.68. The summed E-state index contributed by atoms with van der Waals surface area (Å²) in [6.07, 6.45) is 2.58. The maximum absolute atomic E-state index is 12.9. The van der Waals surface area contributed by atoms with Gasteiger partial charge in [0.15, 0.2) is 0 Å². The topological polar surface area (TPSA) is 89.4 Å². The molecular weight excluding hydrogens is 394 g/mol. The minimum Gasteiger partial charge on any atom is -0.444 e. The van der Waals surface area contributed by atoms with E-state index in [4.69, 9.17) is 4.74 Å². The van der Waals surface area contributed by atoms with Gasteiger partial charge in [0.2, 0.25) is 0 Å². The van der Waals surface area contributed by atoms with Gasteiger partial charge in [-0.05, 0) is 69.7 Å². The summed E-state index contributed by atoms with van der Waals surface area (Å²) in [5.74, 6) is -0.114. The van der Waals surface area contributed by atoms with Gasteiger partial charge in [0.25, 0.3) is 5.91 Å². The minimum atomic E-state index is -0.577. The second kappa shape index (κ2) is 8.99. The van der Waals surface area contributed by atoms with Crippen molar-refractivity contribution in [2.75, 3.05) is 12.4 Å². The number of hydrogen-bond donors (Lipinski definition) is 1. The molecule has 0 radical (unpaired) electrons. The number of anilines is 1. The van der Waals surface area contributed by atoms with Crippen LogP contribution in [0.4, 0.5) is 10.5 Å². The number of benzene rings is 2. The molecule has 0 aliphatic heterocycles. The van der Waals surface area contributed by atoms with Crippen LogP contribution in [0.2, 0.25) is 0 Å². The molecule has 31 heavy (non-hydrogen) atoms. The number of carbonyl (C=O) groups is 2. The Morgan fingerprint density at radius 3 is 2.26 bits per heavy atom. The summed E-state index contributed by atoms with van der Waals surface area (Å²) in [5.41, 5.74) is 2.42. The van der Waals surface area contributed by atoms with Gasteiger partial charge in [-0.15, -0.1) is 0 Å². The van der Waals surface area contributed by atoms with Crippen molar-refractivity contribution in [1.29, 1.82) is 0 Å². The molecule has 2 amide bonds. The molecule has 1 unspecified atom stereocenters. The van der Waals surface area contributed by atoms with Crippen molar-refractivity contribution >= 4 is 17.7 Å². The second-order valence-electron chi connectivity index (χ2n) is 8.23. The van der Waals surface area contributed by atoms with Crippen molar-refractivity contribution in [1.82, 2.24) is 19.7 Å². The molecule has 1 aromatic heterocycles. The first-order valence-corrected chi connectivity index (χ1v) is 9.96. The van der Waals surface area contributed by atoms with Gasteiger partial charge in [0, 0.05) is 18.3 Å². The monoisotopic (exact) mass is 421 g/mol. The zero-order chi connectivity index (χ0) is 22.6. The van der Waals surface area contributed by atoms with Gasteiger partial charge >= 0.3 is 6.09 Å². The van der Waals surface area contributed by atoms with Gasteiger partial charge in [-0.1, -0.05) is 12.1 Å². The second-order valence-corrected chi connectivity index (χ2v) is 8.23. The van der Waals surface area contributed by atoms with Crippen LogP contribution in [0.15, 0.2) is 61.2 Å². The van der Waals surface area contributed by atoms with Crippen molar-refractivity contribution in [3.63, 3.8) is 0 Å². The average molecular weight is 422 g/mol. The Morgan fingerprint density at radius 2 is 1.71 bits per heavy atom. The number of rotatable bonds is 5. The van der Waals surface area contributed by atoms with Crippen LogP contribution in [0.5, 0.6) is 0 Å². The summed E-state index contributed by atoms with van der Waals surface area (Å²) in [4.78, 5) is 30.4. The first-order valence-electron chi connectivity index (χ1n) is 9.96. The predicted molar refractivity (Wildman–Crippen MR) is 118 cm³/mol. The molecule has 0 saturated carbocycles. The van der Waals surface area contributed by atoms with E-state index >= 15 is 0 Å². The van der Waals surface area contributed by atoms with E-state index in [1.807, 2.05) is 31.2 Å². The molecule has 0 bridgehead atoms. The molecule has 1 N–H and O–H groups in total. The fraction of sp³-hybridized carbons (Fsp3) is 0.304. The summed E-state index contributed by atoms with van der Waals surface area (Å²) >= 11 is 0. The Labute approximate surface area is 181 Å². The van der Waals surface area contributed by atoms with Crippen molar-refractivity contribution in [2.24, 2.45) is 0 Å². The number of nitrogens with one attached hydrogen (secondary N) is 1.